The fourth-order valence-corrected chi connectivity index (χ4v) is 5.36. The summed E-state index contributed by atoms with van der Waals surface area (Å²) >= 11 is 0. The SMILES string of the molecule is CCOC(O)N(C)c1cc2c(CS(=O)(=O)C3CC(C)(C)ON3C)noc2cc1F. The number of hydrogen-bond acceptors (Lipinski definition) is 9. The highest BCUT2D eigenvalue weighted by atomic mass is 32.2. The summed E-state index contributed by atoms with van der Waals surface area (Å²) in [7, 11) is -0.627. The van der Waals surface area contributed by atoms with Crippen LogP contribution in [0.3, 0.4) is 0 Å². The maximum atomic E-state index is 14.5. The van der Waals surface area contributed by atoms with Crippen molar-refractivity contribution < 1.29 is 32.0 Å². The highest BCUT2D eigenvalue weighted by molar-refractivity contribution is 7.91. The molecule has 2 heterocycles. The largest absolute Gasteiger partial charge is 0.356 e. The first-order valence-corrected chi connectivity index (χ1v) is 10.9. The summed E-state index contributed by atoms with van der Waals surface area (Å²) < 4.78 is 50.6. The molecule has 0 spiro atoms. The first-order valence-electron chi connectivity index (χ1n) is 9.19. The summed E-state index contributed by atoms with van der Waals surface area (Å²) in [6.45, 7) is 5.57. The zero-order valence-electron chi connectivity index (χ0n) is 17.0. The third-order valence-corrected chi connectivity index (χ3v) is 6.82. The van der Waals surface area contributed by atoms with E-state index in [1.54, 1.807) is 14.0 Å². The van der Waals surface area contributed by atoms with E-state index in [2.05, 4.69) is 5.16 Å². The van der Waals surface area contributed by atoms with Gasteiger partial charge >= 0.3 is 0 Å². The van der Waals surface area contributed by atoms with Gasteiger partial charge in [-0.15, -0.1) is 0 Å². The number of halogens is 1. The van der Waals surface area contributed by atoms with Crippen molar-refractivity contribution in [3.8, 4) is 0 Å². The lowest BCUT2D eigenvalue weighted by Gasteiger charge is -2.25. The first kappa shape index (κ1) is 21.9. The van der Waals surface area contributed by atoms with Gasteiger partial charge in [0.05, 0.1) is 17.0 Å². The van der Waals surface area contributed by atoms with E-state index in [4.69, 9.17) is 14.1 Å². The number of rotatable bonds is 7. The van der Waals surface area contributed by atoms with E-state index in [1.165, 1.54) is 23.1 Å². The minimum atomic E-state index is -3.67. The standard InChI is InChI=1S/C18H26FN3O6S/c1-6-26-17(23)21(4)14-7-11-13(20-27-15(11)8-12(14)19)10-29(24,25)16-9-18(2,3)28-22(16)5/h7-8,16-17,23H,6,9-10H2,1-5H3. The van der Waals surface area contributed by atoms with Crippen LogP contribution in [0.2, 0.25) is 0 Å². The minimum Gasteiger partial charge on any atom is -0.356 e. The summed E-state index contributed by atoms with van der Waals surface area (Å²) in [5.41, 5.74) is -0.277. The van der Waals surface area contributed by atoms with Crippen LogP contribution in [0.1, 0.15) is 32.9 Å². The summed E-state index contributed by atoms with van der Waals surface area (Å²) in [6.07, 6.45) is -1.05. The smallest absolute Gasteiger partial charge is 0.237 e. The number of sulfone groups is 1. The van der Waals surface area contributed by atoms with Gasteiger partial charge in [-0.3, -0.25) is 4.84 Å². The number of benzene rings is 1. The Hall–Kier alpha value is -1.79. The van der Waals surface area contributed by atoms with Crippen molar-refractivity contribution in [2.24, 2.45) is 0 Å². The number of hydroxylamine groups is 2. The van der Waals surface area contributed by atoms with Gasteiger partial charge in [0.25, 0.3) is 0 Å². The average Bonchev–Trinajstić information content (AvgIpc) is 3.12. The second-order valence-corrected chi connectivity index (χ2v) is 9.84. The molecule has 0 saturated carbocycles. The molecule has 0 amide bonds. The van der Waals surface area contributed by atoms with Crippen LogP contribution in [0.5, 0.6) is 0 Å². The van der Waals surface area contributed by atoms with Crippen LogP contribution in [0.25, 0.3) is 11.0 Å². The van der Waals surface area contributed by atoms with Gasteiger partial charge in [0.2, 0.25) is 6.41 Å². The first-order chi connectivity index (χ1) is 13.4. The Balaban J connectivity index is 1.93. The molecule has 0 bridgehead atoms. The molecular formula is C18H26FN3O6S. The van der Waals surface area contributed by atoms with Crippen molar-refractivity contribution >= 4 is 26.5 Å². The van der Waals surface area contributed by atoms with Gasteiger partial charge in [-0.05, 0) is 26.8 Å². The molecule has 11 heteroatoms. The molecule has 162 valence electrons. The van der Waals surface area contributed by atoms with Crippen LogP contribution in [-0.2, 0) is 25.2 Å². The monoisotopic (exact) mass is 431 g/mol. The van der Waals surface area contributed by atoms with Crippen molar-refractivity contribution in [2.75, 3.05) is 25.6 Å². The van der Waals surface area contributed by atoms with E-state index in [0.29, 0.717) is 11.8 Å². The second kappa shape index (κ2) is 7.80. The lowest BCUT2D eigenvalue weighted by atomic mass is 10.1. The third-order valence-electron chi connectivity index (χ3n) is 4.86. The van der Waals surface area contributed by atoms with E-state index in [9.17, 15) is 17.9 Å². The maximum Gasteiger partial charge on any atom is 0.237 e. The van der Waals surface area contributed by atoms with Gasteiger partial charge in [0.15, 0.2) is 15.4 Å². The zero-order valence-corrected chi connectivity index (χ0v) is 17.9. The molecule has 1 fully saturated rings. The molecule has 1 aromatic heterocycles. The molecule has 1 saturated heterocycles. The predicted octanol–water partition coefficient (Wildman–Crippen LogP) is 2.00. The molecule has 1 aromatic carbocycles. The molecule has 1 N–H and O–H groups in total. The highest BCUT2D eigenvalue weighted by Crippen LogP contribution is 2.35. The number of ether oxygens (including phenoxy) is 1. The van der Waals surface area contributed by atoms with Crippen LogP contribution < -0.4 is 4.90 Å². The lowest BCUT2D eigenvalue weighted by molar-refractivity contribution is -0.168. The average molecular weight is 431 g/mol. The Morgan fingerprint density at radius 1 is 1.48 bits per heavy atom. The van der Waals surface area contributed by atoms with E-state index >= 15 is 0 Å². The number of anilines is 1. The molecule has 2 unspecified atom stereocenters. The molecule has 2 atom stereocenters. The molecule has 0 aliphatic carbocycles. The van der Waals surface area contributed by atoms with Gasteiger partial charge in [-0.2, -0.15) is 5.06 Å². The summed E-state index contributed by atoms with van der Waals surface area (Å²) in [6, 6.07) is 2.50. The van der Waals surface area contributed by atoms with Crippen LogP contribution in [0.4, 0.5) is 10.1 Å². The fourth-order valence-electron chi connectivity index (χ4n) is 3.43. The van der Waals surface area contributed by atoms with Gasteiger partial charge in [0, 0.05) is 38.6 Å². The van der Waals surface area contributed by atoms with Crippen LogP contribution in [0, 0.1) is 5.82 Å². The molecule has 0 radical (unpaired) electrons. The highest BCUT2D eigenvalue weighted by Gasteiger charge is 2.44. The van der Waals surface area contributed by atoms with E-state index < -0.39 is 38.8 Å². The number of fused-ring (bicyclic) bond motifs is 1. The van der Waals surface area contributed by atoms with E-state index in [1.807, 2.05) is 13.8 Å². The molecule has 9 nitrogen and oxygen atoms in total. The second-order valence-electron chi connectivity index (χ2n) is 7.68. The number of hydrogen-bond donors (Lipinski definition) is 1. The third kappa shape index (κ3) is 4.38. The lowest BCUT2D eigenvalue weighted by Crippen LogP contribution is -2.34. The van der Waals surface area contributed by atoms with Gasteiger partial charge in [-0.1, -0.05) is 5.16 Å². The summed E-state index contributed by atoms with van der Waals surface area (Å²) in [4.78, 5) is 6.78. The summed E-state index contributed by atoms with van der Waals surface area (Å²) in [5.74, 6) is -1.05. The fraction of sp³-hybridized carbons (Fsp3) is 0.611. The predicted molar refractivity (Wildman–Crippen MR) is 104 cm³/mol. The van der Waals surface area contributed by atoms with E-state index in [0.717, 1.165) is 6.07 Å². The molecule has 1 aliphatic rings. The van der Waals surface area contributed by atoms with Crippen LogP contribution in [-0.4, -0.2) is 61.8 Å². The molecule has 1 aliphatic heterocycles. The summed E-state index contributed by atoms with van der Waals surface area (Å²) in [5, 5.41) is 14.7. The van der Waals surface area contributed by atoms with Gasteiger partial charge < -0.3 is 19.3 Å². The van der Waals surface area contributed by atoms with Crippen molar-refractivity contribution in [1.82, 2.24) is 10.2 Å². The van der Waals surface area contributed by atoms with Crippen molar-refractivity contribution in [3.05, 3.63) is 23.6 Å². The molecule has 3 rings (SSSR count). The normalized spacial score (nSPS) is 21.0. The Kier molecular flexibility index (Phi) is 5.89. The quantitative estimate of drug-likeness (QED) is 0.659. The Bertz CT molecular complexity index is 993. The molecular weight excluding hydrogens is 405 g/mol. The van der Waals surface area contributed by atoms with Crippen LogP contribution >= 0.6 is 0 Å². The molecule has 29 heavy (non-hydrogen) atoms. The number of aliphatic hydroxyl groups is 1. The number of aliphatic hydroxyl groups excluding tert-OH is 1. The van der Waals surface area contributed by atoms with Crippen molar-refractivity contribution in [3.63, 3.8) is 0 Å². The number of aromatic nitrogens is 1. The van der Waals surface area contributed by atoms with Crippen molar-refractivity contribution in [1.29, 1.82) is 0 Å². The van der Waals surface area contributed by atoms with Crippen molar-refractivity contribution in [2.45, 2.75) is 50.3 Å². The van der Waals surface area contributed by atoms with Gasteiger partial charge in [0.1, 0.15) is 16.9 Å². The number of nitrogens with zero attached hydrogens (tertiary/aromatic N) is 3. The zero-order chi connectivity index (χ0) is 21.6. The Morgan fingerprint density at radius 2 is 2.17 bits per heavy atom. The van der Waals surface area contributed by atoms with Crippen LogP contribution in [0.15, 0.2) is 16.7 Å². The van der Waals surface area contributed by atoms with Gasteiger partial charge in [-0.25, -0.2) is 12.8 Å². The Labute approximate surface area is 168 Å². The maximum absolute atomic E-state index is 14.5. The topological polar surface area (TPSA) is 105 Å². The minimum absolute atomic E-state index is 0.0303. The Morgan fingerprint density at radius 3 is 2.76 bits per heavy atom. The van der Waals surface area contributed by atoms with E-state index in [-0.39, 0.29) is 23.6 Å². The molecule has 2 aromatic rings.